The number of fused-ring (bicyclic) bond motifs is 1. The number of anilines is 1. The monoisotopic (exact) mass is 480 g/mol. The Kier molecular flexibility index (Phi) is 6.91. The van der Waals surface area contributed by atoms with Crippen LogP contribution in [0.25, 0.3) is 5.52 Å². The summed E-state index contributed by atoms with van der Waals surface area (Å²) in [5, 5.41) is 2.65. The number of aldehydes is 1. The lowest BCUT2D eigenvalue weighted by Gasteiger charge is -2.11. The van der Waals surface area contributed by atoms with Crippen LogP contribution in [0.1, 0.15) is 34.9 Å². The molecule has 2 heterocycles. The molecule has 0 radical (unpaired) electrons. The second-order valence-corrected chi connectivity index (χ2v) is 8.00. The summed E-state index contributed by atoms with van der Waals surface area (Å²) in [5.74, 6) is -0.349. The van der Waals surface area contributed by atoms with Gasteiger partial charge in [0.25, 0.3) is 5.91 Å². The van der Waals surface area contributed by atoms with Crippen molar-refractivity contribution in [2.45, 2.75) is 32.5 Å². The van der Waals surface area contributed by atoms with Crippen molar-refractivity contribution in [3.05, 3.63) is 101 Å². The highest BCUT2D eigenvalue weighted by molar-refractivity contribution is 6.30. The van der Waals surface area contributed by atoms with Crippen LogP contribution in [0.5, 0.6) is 5.75 Å². The van der Waals surface area contributed by atoms with Crippen LogP contribution in [0.15, 0.2) is 72.9 Å². The summed E-state index contributed by atoms with van der Waals surface area (Å²) in [5.41, 5.74) is 3.06. The molecule has 1 amide bonds. The van der Waals surface area contributed by atoms with Gasteiger partial charge in [0, 0.05) is 18.3 Å². The van der Waals surface area contributed by atoms with E-state index in [1.807, 2.05) is 37.3 Å². The van der Waals surface area contributed by atoms with E-state index in [2.05, 4.69) is 5.32 Å². The number of aromatic nitrogens is 1. The van der Waals surface area contributed by atoms with Crippen molar-refractivity contribution >= 4 is 23.4 Å². The fourth-order valence-electron chi connectivity index (χ4n) is 4.15. The Morgan fingerprint density at radius 3 is 2.46 bits per heavy atom. The minimum Gasteiger partial charge on any atom is -0.487 e. The number of pyridine rings is 1. The second-order valence-electron chi connectivity index (χ2n) is 8.00. The van der Waals surface area contributed by atoms with Gasteiger partial charge in [0.05, 0.1) is 11.3 Å². The second kappa shape index (κ2) is 10.0. The molecule has 2 aromatic heterocycles. The average molecular weight is 480 g/mol. The van der Waals surface area contributed by atoms with Crippen LogP contribution in [0, 0.1) is 0 Å². The minimum atomic E-state index is -4.45. The topological polar surface area (TPSA) is 59.8 Å². The maximum Gasteiger partial charge on any atom is 0.416 e. The fraction of sp³-hybridized carbons (Fsp3) is 0.185. The summed E-state index contributed by atoms with van der Waals surface area (Å²) in [6, 6.07) is 18.2. The minimum absolute atomic E-state index is 0.183. The van der Waals surface area contributed by atoms with E-state index in [0.717, 1.165) is 17.7 Å². The number of alkyl halides is 3. The van der Waals surface area contributed by atoms with Crippen molar-refractivity contribution in [2.24, 2.45) is 0 Å². The van der Waals surface area contributed by atoms with E-state index in [4.69, 9.17) is 4.74 Å². The first kappa shape index (κ1) is 24.1. The van der Waals surface area contributed by atoms with Gasteiger partial charge >= 0.3 is 6.18 Å². The first-order valence-electron chi connectivity index (χ1n) is 11.1. The molecule has 1 N–H and O–H groups in total. The third-order valence-electron chi connectivity index (χ3n) is 5.71. The largest absolute Gasteiger partial charge is 0.487 e. The summed E-state index contributed by atoms with van der Waals surface area (Å²) < 4.78 is 47.7. The van der Waals surface area contributed by atoms with Crippen LogP contribution in [0.2, 0.25) is 0 Å². The lowest BCUT2D eigenvalue weighted by atomic mass is 10.0. The summed E-state index contributed by atoms with van der Waals surface area (Å²) in [4.78, 5) is 23.2. The summed E-state index contributed by atoms with van der Waals surface area (Å²) in [6.45, 7) is 2.16. The third kappa shape index (κ3) is 5.21. The van der Waals surface area contributed by atoms with Crippen molar-refractivity contribution in [1.82, 2.24) is 4.40 Å². The predicted molar refractivity (Wildman–Crippen MR) is 126 cm³/mol. The predicted octanol–water partition coefficient (Wildman–Crippen LogP) is 5.83. The Morgan fingerprint density at radius 1 is 1.03 bits per heavy atom. The van der Waals surface area contributed by atoms with Crippen LogP contribution >= 0.6 is 0 Å². The number of hydrogen-bond acceptors (Lipinski definition) is 3. The van der Waals surface area contributed by atoms with Crippen LogP contribution < -0.4 is 10.1 Å². The van der Waals surface area contributed by atoms with E-state index in [-0.39, 0.29) is 19.3 Å². The van der Waals surface area contributed by atoms with Gasteiger partial charge < -0.3 is 14.5 Å². The SMILES string of the molecule is CCc1c(NC(=O)C=O)c2c(OCc3ccccc3)cccn2c1Cc1cccc(C(F)(F)F)c1. The number of carbonyl (C=O) groups excluding carboxylic acids is 2. The number of halogens is 3. The molecule has 0 aliphatic carbocycles. The molecule has 180 valence electrons. The Balaban J connectivity index is 1.83. The summed E-state index contributed by atoms with van der Waals surface area (Å²) >= 11 is 0. The number of nitrogens with one attached hydrogen (secondary N) is 1. The van der Waals surface area contributed by atoms with Gasteiger partial charge in [-0.05, 0) is 41.3 Å². The van der Waals surface area contributed by atoms with Gasteiger partial charge in [0.15, 0.2) is 0 Å². The van der Waals surface area contributed by atoms with Crippen molar-refractivity contribution in [2.75, 3.05) is 5.32 Å². The molecule has 0 bridgehead atoms. The number of ether oxygens (including phenoxy) is 1. The molecule has 2 aromatic carbocycles. The molecule has 8 heteroatoms. The Bertz CT molecular complexity index is 1360. The van der Waals surface area contributed by atoms with E-state index >= 15 is 0 Å². The standard InChI is InChI=1S/C27H23F3N2O3/c1-2-21-22(15-19-10-6-11-20(14-19)27(28,29)30)32-13-7-12-23(26(32)25(21)31-24(34)16-33)35-17-18-8-4-3-5-9-18/h3-14,16H,2,15,17H2,1H3,(H,31,34). The summed E-state index contributed by atoms with van der Waals surface area (Å²) in [6.07, 6.45) is -1.84. The maximum atomic E-state index is 13.3. The normalized spacial score (nSPS) is 11.4. The van der Waals surface area contributed by atoms with Gasteiger partial charge in [0.1, 0.15) is 17.9 Å². The van der Waals surface area contributed by atoms with Crippen LogP contribution in [0.4, 0.5) is 18.9 Å². The molecule has 4 rings (SSSR count). The maximum absolute atomic E-state index is 13.3. The molecule has 0 saturated heterocycles. The van der Waals surface area contributed by atoms with E-state index in [9.17, 15) is 22.8 Å². The van der Waals surface area contributed by atoms with Crippen molar-refractivity contribution < 1.29 is 27.5 Å². The number of benzene rings is 2. The number of amides is 1. The highest BCUT2D eigenvalue weighted by Gasteiger charge is 2.30. The van der Waals surface area contributed by atoms with Crippen LogP contribution in [-0.4, -0.2) is 16.6 Å². The van der Waals surface area contributed by atoms with E-state index in [0.29, 0.717) is 40.2 Å². The highest BCUT2D eigenvalue weighted by Crippen LogP contribution is 2.37. The molecule has 0 atom stereocenters. The van der Waals surface area contributed by atoms with Gasteiger partial charge in [-0.2, -0.15) is 13.2 Å². The molecule has 5 nitrogen and oxygen atoms in total. The van der Waals surface area contributed by atoms with Crippen LogP contribution in [0.3, 0.4) is 0 Å². The third-order valence-corrected chi connectivity index (χ3v) is 5.71. The van der Waals surface area contributed by atoms with E-state index < -0.39 is 17.6 Å². The van der Waals surface area contributed by atoms with Gasteiger partial charge in [-0.3, -0.25) is 9.59 Å². The number of carbonyl (C=O) groups is 2. The molecule has 0 fully saturated rings. The zero-order valence-corrected chi connectivity index (χ0v) is 18.9. The van der Waals surface area contributed by atoms with Gasteiger partial charge in [-0.25, -0.2) is 0 Å². The Hall–Kier alpha value is -4.07. The number of hydrogen-bond donors (Lipinski definition) is 1. The Morgan fingerprint density at radius 2 is 1.77 bits per heavy atom. The molecular weight excluding hydrogens is 457 g/mol. The quantitative estimate of drug-likeness (QED) is 0.255. The van der Waals surface area contributed by atoms with Gasteiger partial charge in [0.2, 0.25) is 6.29 Å². The first-order valence-corrected chi connectivity index (χ1v) is 11.1. The molecule has 4 aromatic rings. The van der Waals surface area contributed by atoms with Crippen molar-refractivity contribution in [3.63, 3.8) is 0 Å². The zero-order valence-electron chi connectivity index (χ0n) is 18.9. The first-order chi connectivity index (χ1) is 16.8. The smallest absolute Gasteiger partial charge is 0.416 e. The lowest BCUT2D eigenvalue weighted by molar-refractivity contribution is -0.137. The van der Waals surface area contributed by atoms with Crippen LogP contribution in [-0.2, 0) is 35.2 Å². The summed E-state index contributed by atoms with van der Waals surface area (Å²) in [7, 11) is 0. The molecule has 0 aliphatic heterocycles. The highest BCUT2D eigenvalue weighted by atomic mass is 19.4. The van der Waals surface area contributed by atoms with E-state index in [1.54, 1.807) is 28.8 Å². The molecule has 0 unspecified atom stereocenters. The van der Waals surface area contributed by atoms with Gasteiger partial charge in [-0.15, -0.1) is 0 Å². The lowest BCUT2D eigenvalue weighted by Crippen LogP contribution is -2.13. The van der Waals surface area contributed by atoms with Crippen molar-refractivity contribution in [1.29, 1.82) is 0 Å². The number of nitrogens with zero attached hydrogens (tertiary/aromatic N) is 1. The molecule has 35 heavy (non-hydrogen) atoms. The molecule has 0 saturated carbocycles. The fourth-order valence-corrected chi connectivity index (χ4v) is 4.15. The zero-order chi connectivity index (χ0) is 25.0. The average Bonchev–Trinajstić information content (AvgIpc) is 3.15. The van der Waals surface area contributed by atoms with Crippen molar-refractivity contribution in [3.8, 4) is 5.75 Å². The Labute approximate surface area is 200 Å². The number of rotatable bonds is 8. The molecular formula is C27H23F3N2O3. The van der Waals surface area contributed by atoms with E-state index in [1.165, 1.54) is 6.07 Å². The van der Waals surface area contributed by atoms with Gasteiger partial charge in [-0.1, -0.05) is 55.5 Å². The molecule has 0 aliphatic rings. The molecule has 0 spiro atoms.